The third-order valence-electron chi connectivity index (χ3n) is 1.61. The first-order chi connectivity index (χ1) is 5.11. The Morgan fingerprint density at radius 3 is 2.55 bits per heavy atom. The maximum absolute atomic E-state index is 9.17. The molecule has 0 saturated carbocycles. The van der Waals surface area contributed by atoms with Gasteiger partial charge < -0.3 is 10.8 Å². The summed E-state index contributed by atoms with van der Waals surface area (Å²) in [5, 5.41) is 9.17. The number of thiophene rings is 1. The molecule has 62 valence electrons. The Hall–Kier alpha value is -0.380. The molecule has 1 aromatic heterocycles. The quantitative estimate of drug-likeness (QED) is 0.707. The zero-order chi connectivity index (χ0) is 8.43. The van der Waals surface area contributed by atoms with Crippen LogP contribution in [0.2, 0.25) is 0 Å². The zero-order valence-electron chi connectivity index (χ0n) is 6.74. The van der Waals surface area contributed by atoms with E-state index in [-0.39, 0.29) is 6.04 Å². The van der Waals surface area contributed by atoms with Crippen molar-refractivity contribution in [3.8, 4) is 0 Å². The Morgan fingerprint density at radius 2 is 2.18 bits per heavy atom. The topological polar surface area (TPSA) is 46.2 Å². The van der Waals surface area contributed by atoms with Gasteiger partial charge in [-0.15, -0.1) is 11.3 Å². The summed E-state index contributed by atoms with van der Waals surface area (Å²) in [6.45, 7) is 3.74. The van der Waals surface area contributed by atoms with Crippen LogP contribution in [0.4, 0.5) is 0 Å². The highest BCUT2D eigenvalue weighted by atomic mass is 32.1. The number of aryl methyl sites for hydroxylation is 1. The van der Waals surface area contributed by atoms with Gasteiger partial charge in [-0.05, 0) is 26.0 Å². The lowest BCUT2D eigenvalue weighted by atomic mass is 10.1. The van der Waals surface area contributed by atoms with Crippen molar-refractivity contribution in [2.75, 3.05) is 0 Å². The van der Waals surface area contributed by atoms with E-state index in [4.69, 9.17) is 10.8 Å². The van der Waals surface area contributed by atoms with Crippen LogP contribution in [-0.2, 0) is 0 Å². The summed E-state index contributed by atoms with van der Waals surface area (Å²) in [4.78, 5) is 2.29. The first kappa shape index (κ1) is 8.71. The van der Waals surface area contributed by atoms with Crippen LogP contribution in [0, 0.1) is 6.92 Å². The van der Waals surface area contributed by atoms with Gasteiger partial charge in [0.05, 0.1) is 12.1 Å². The molecular weight excluding hydrogens is 158 g/mol. The van der Waals surface area contributed by atoms with Gasteiger partial charge in [-0.25, -0.2) is 0 Å². The van der Waals surface area contributed by atoms with Gasteiger partial charge in [-0.3, -0.25) is 0 Å². The number of rotatable bonds is 2. The highest BCUT2D eigenvalue weighted by Crippen LogP contribution is 2.22. The van der Waals surface area contributed by atoms with Gasteiger partial charge in [-0.1, -0.05) is 0 Å². The lowest BCUT2D eigenvalue weighted by molar-refractivity contribution is 0.165. The molecule has 0 saturated heterocycles. The monoisotopic (exact) mass is 171 g/mol. The first-order valence-corrected chi connectivity index (χ1v) is 4.43. The molecular formula is C8H13NOS. The van der Waals surface area contributed by atoms with Crippen molar-refractivity contribution in [3.05, 3.63) is 21.9 Å². The van der Waals surface area contributed by atoms with Crippen LogP contribution >= 0.6 is 11.3 Å². The fourth-order valence-corrected chi connectivity index (χ4v) is 1.85. The molecule has 1 rings (SSSR count). The van der Waals surface area contributed by atoms with Crippen LogP contribution in [0.1, 0.15) is 22.7 Å². The molecule has 3 heteroatoms. The summed E-state index contributed by atoms with van der Waals surface area (Å²) in [6.07, 6.45) is -0.465. The molecule has 3 N–H and O–H groups in total. The molecule has 0 amide bonds. The molecule has 1 aromatic rings. The van der Waals surface area contributed by atoms with Crippen molar-refractivity contribution in [1.29, 1.82) is 0 Å². The van der Waals surface area contributed by atoms with Gasteiger partial charge in [0, 0.05) is 9.75 Å². The predicted molar refractivity (Wildman–Crippen MR) is 47.7 cm³/mol. The minimum atomic E-state index is -0.465. The lowest BCUT2D eigenvalue weighted by Gasteiger charge is -2.11. The van der Waals surface area contributed by atoms with Gasteiger partial charge >= 0.3 is 0 Å². The van der Waals surface area contributed by atoms with E-state index in [2.05, 4.69) is 0 Å². The van der Waals surface area contributed by atoms with E-state index in [0.717, 1.165) is 4.88 Å². The molecule has 0 bridgehead atoms. The van der Waals surface area contributed by atoms with Crippen molar-refractivity contribution in [1.82, 2.24) is 0 Å². The summed E-state index contributed by atoms with van der Waals surface area (Å²) in [5.41, 5.74) is 5.71. The molecule has 0 aliphatic carbocycles. The molecule has 0 radical (unpaired) electrons. The van der Waals surface area contributed by atoms with Gasteiger partial charge in [0.25, 0.3) is 0 Å². The van der Waals surface area contributed by atoms with Crippen molar-refractivity contribution < 1.29 is 5.11 Å². The second-order valence-electron chi connectivity index (χ2n) is 2.71. The third-order valence-corrected chi connectivity index (χ3v) is 2.71. The van der Waals surface area contributed by atoms with Crippen molar-refractivity contribution in [2.24, 2.45) is 5.73 Å². The summed E-state index contributed by atoms with van der Waals surface area (Å²) in [7, 11) is 0. The number of hydrogen-bond acceptors (Lipinski definition) is 3. The van der Waals surface area contributed by atoms with Crippen molar-refractivity contribution >= 4 is 11.3 Å². The largest absolute Gasteiger partial charge is 0.391 e. The zero-order valence-corrected chi connectivity index (χ0v) is 7.56. The Morgan fingerprint density at radius 1 is 1.55 bits per heavy atom. The van der Waals surface area contributed by atoms with E-state index < -0.39 is 6.10 Å². The van der Waals surface area contributed by atoms with E-state index >= 15 is 0 Å². The smallest absolute Gasteiger partial charge is 0.0712 e. The summed E-state index contributed by atoms with van der Waals surface area (Å²) >= 11 is 1.64. The molecule has 0 fully saturated rings. The SMILES string of the molecule is Cc1ccc(C(N)C(C)O)s1. The van der Waals surface area contributed by atoms with Gasteiger partial charge in [0.15, 0.2) is 0 Å². The lowest BCUT2D eigenvalue weighted by Crippen LogP contribution is -2.21. The molecule has 2 unspecified atom stereocenters. The highest BCUT2D eigenvalue weighted by Gasteiger charge is 2.12. The molecule has 11 heavy (non-hydrogen) atoms. The Balaban J connectivity index is 2.76. The minimum absolute atomic E-state index is 0.228. The van der Waals surface area contributed by atoms with Crippen LogP contribution in [0.3, 0.4) is 0 Å². The standard InChI is InChI=1S/C8H13NOS/c1-5-3-4-7(11-5)8(9)6(2)10/h3-4,6,8,10H,9H2,1-2H3. The van der Waals surface area contributed by atoms with Crippen LogP contribution in [-0.4, -0.2) is 11.2 Å². The number of nitrogens with two attached hydrogens (primary N) is 1. The van der Waals surface area contributed by atoms with Gasteiger partial charge in [0.2, 0.25) is 0 Å². The van der Waals surface area contributed by atoms with Crippen LogP contribution in [0.15, 0.2) is 12.1 Å². The third kappa shape index (κ3) is 2.02. The van der Waals surface area contributed by atoms with Gasteiger partial charge in [0.1, 0.15) is 0 Å². The summed E-state index contributed by atoms with van der Waals surface area (Å²) in [5.74, 6) is 0. The van der Waals surface area contributed by atoms with Crippen LogP contribution < -0.4 is 5.73 Å². The van der Waals surface area contributed by atoms with E-state index in [1.54, 1.807) is 18.3 Å². The van der Waals surface area contributed by atoms with Gasteiger partial charge in [-0.2, -0.15) is 0 Å². The molecule has 2 nitrogen and oxygen atoms in total. The number of aliphatic hydroxyl groups excluding tert-OH is 1. The molecule has 1 heterocycles. The van der Waals surface area contributed by atoms with Crippen molar-refractivity contribution in [2.45, 2.75) is 26.0 Å². The highest BCUT2D eigenvalue weighted by molar-refractivity contribution is 7.12. The fourth-order valence-electron chi connectivity index (χ4n) is 0.870. The second-order valence-corrected chi connectivity index (χ2v) is 4.03. The fraction of sp³-hybridized carbons (Fsp3) is 0.500. The second kappa shape index (κ2) is 3.34. The van der Waals surface area contributed by atoms with Crippen molar-refractivity contribution in [3.63, 3.8) is 0 Å². The molecule has 2 atom stereocenters. The van der Waals surface area contributed by atoms with E-state index in [1.165, 1.54) is 4.88 Å². The Bertz CT molecular complexity index is 232. The van der Waals surface area contributed by atoms with Crippen LogP contribution in [0.25, 0.3) is 0 Å². The summed E-state index contributed by atoms with van der Waals surface area (Å²) < 4.78 is 0. The maximum Gasteiger partial charge on any atom is 0.0712 e. The molecule has 0 spiro atoms. The summed E-state index contributed by atoms with van der Waals surface area (Å²) in [6, 6.07) is 3.76. The number of aliphatic hydroxyl groups is 1. The number of hydrogen-bond donors (Lipinski definition) is 2. The maximum atomic E-state index is 9.17. The van der Waals surface area contributed by atoms with Crippen LogP contribution in [0.5, 0.6) is 0 Å². The first-order valence-electron chi connectivity index (χ1n) is 3.61. The predicted octanol–water partition coefficient (Wildman–Crippen LogP) is 1.44. The van der Waals surface area contributed by atoms with E-state index in [1.807, 2.05) is 19.1 Å². The van der Waals surface area contributed by atoms with E-state index in [0.29, 0.717) is 0 Å². The molecule has 0 aromatic carbocycles. The molecule has 0 aliphatic heterocycles. The Labute approximate surface area is 70.7 Å². The molecule has 0 aliphatic rings. The van der Waals surface area contributed by atoms with E-state index in [9.17, 15) is 0 Å². The normalized spacial score (nSPS) is 16.4. The average Bonchev–Trinajstić information content (AvgIpc) is 2.34. The minimum Gasteiger partial charge on any atom is -0.391 e. The Kier molecular flexibility index (Phi) is 2.65. The average molecular weight is 171 g/mol.